The number of rotatable bonds is 5. The van der Waals surface area contributed by atoms with E-state index in [1.165, 1.54) is 19.3 Å². The largest absolute Gasteiger partial charge is 0.369 e. The highest BCUT2D eigenvalue weighted by Gasteiger charge is 2.34. The van der Waals surface area contributed by atoms with E-state index in [2.05, 4.69) is 6.92 Å². The average molecular weight is 282 g/mol. The molecule has 2 nitrogen and oxygen atoms in total. The summed E-state index contributed by atoms with van der Waals surface area (Å²) < 4.78 is 6.17. The van der Waals surface area contributed by atoms with Gasteiger partial charge in [-0.25, -0.2) is 0 Å². The van der Waals surface area contributed by atoms with E-state index < -0.39 is 0 Å². The van der Waals surface area contributed by atoms with Gasteiger partial charge in [0.2, 0.25) is 0 Å². The van der Waals surface area contributed by atoms with Crippen LogP contribution in [0.5, 0.6) is 0 Å². The smallest absolute Gasteiger partial charge is 0.0808 e. The molecule has 19 heavy (non-hydrogen) atoms. The lowest BCUT2D eigenvalue weighted by Crippen LogP contribution is -2.43. The van der Waals surface area contributed by atoms with Gasteiger partial charge in [-0.3, -0.25) is 0 Å². The van der Waals surface area contributed by atoms with E-state index in [1.807, 2.05) is 24.3 Å². The van der Waals surface area contributed by atoms with E-state index in [9.17, 15) is 0 Å². The molecule has 0 amide bonds. The van der Waals surface area contributed by atoms with Gasteiger partial charge in [0.25, 0.3) is 0 Å². The Hall–Kier alpha value is -0.570. The fourth-order valence-electron chi connectivity index (χ4n) is 2.87. The number of halogens is 1. The first-order chi connectivity index (χ1) is 9.19. The van der Waals surface area contributed by atoms with Gasteiger partial charge in [0.05, 0.1) is 12.2 Å². The molecule has 0 heterocycles. The molecule has 106 valence electrons. The lowest BCUT2D eigenvalue weighted by molar-refractivity contribution is -0.0812. The average Bonchev–Trinajstić information content (AvgIpc) is 2.47. The number of hydrogen-bond donors (Lipinski definition) is 1. The van der Waals surface area contributed by atoms with Crippen LogP contribution >= 0.6 is 11.6 Å². The first kappa shape index (κ1) is 14.8. The van der Waals surface area contributed by atoms with Crippen molar-refractivity contribution in [3.8, 4) is 0 Å². The molecule has 0 unspecified atom stereocenters. The maximum Gasteiger partial charge on any atom is 0.0808 e. The summed E-state index contributed by atoms with van der Waals surface area (Å²) in [7, 11) is 0. The van der Waals surface area contributed by atoms with Crippen molar-refractivity contribution in [2.45, 2.75) is 51.2 Å². The third-order valence-corrected chi connectivity index (χ3v) is 4.83. The van der Waals surface area contributed by atoms with Crippen LogP contribution in [-0.4, -0.2) is 12.1 Å². The third kappa shape index (κ3) is 3.71. The van der Waals surface area contributed by atoms with Crippen molar-refractivity contribution >= 4 is 11.6 Å². The van der Waals surface area contributed by atoms with Gasteiger partial charge in [-0.2, -0.15) is 0 Å². The first-order valence-electron chi connectivity index (χ1n) is 7.26. The van der Waals surface area contributed by atoms with Crippen LogP contribution in [0.15, 0.2) is 24.3 Å². The zero-order valence-corrected chi connectivity index (χ0v) is 12.5. The molecule has 3 heteroatoms. The standard InChI is InChI=1S/C16H24ClNO/c1-2-13-7-9-16(12-18,10-8-13)19-11-14-5-3-4-6-15(14)17/h3-6,13H,2,7-12,18H2,1H3. The number of benzene rings is 1. The molecule has 0 aromatic heterocycles. The van der Waals surface area contributed by atoms with Crippen molar-refractivity contribution in [2.75, 3.05) is 6.54 Å². The van der Waals surface area contributed by atoms with Gasteiger partial charge in [0, 0.05) is 11.6 Å². The van der Waals surface area contributed by atoms with Crippen molar-refractivity contribution in [1.82, 2.24) is 0 Å². The summed E-state index contributed by atoms with van der Waals surface area (Å²) in [6, 6.07) is 7.86. The molecule has 0 aliphatic heterocycles. The maximum atomic E-state index is 6.17. The zero-order chi connectivity index (χ0) is 13.7. The SMILES string of the molecule is CCC1CCC(CN)(OCc2ccccc2Cl)CC1. The lowest BCUT2D eigenvalue weighted by Gasteiger charge is -2.39. The monoisotopic (exact) mass is 281 g/mol. The Morgan fingerprint density at radius 2 is 2.00 bits per heavy atom. The second-order valence-electron chi connectivity index (χ2n) is 5.62. The van der Waals surface area contributed by atoms with Crippen LogP contribution in [0, 0.1) is 5.92 Å². The predicted molar refractivity (Wildman–Crippen MR) is 80.3 cm³/mol. The minimum Gasteiger partial charge on any atom is -0.369 e. The van der Waals surface area contributed by atoms with Crippen LogP contribution in [0.4, 0.5) is 0 Å². The summed E-state index contributed by atoms with van der Waals surface area (Å²) in [6.07, 6.45) is 5.89. The molecule has 1 fully saturated rings. The minimum atomic E-state index is -0.134. The van der Waals surface area contributed by atoms with E-state index in [1.54, 1.807) is 0 Å². The topological polar surface area (TPSA) is 35.2 Å². The Morgan fingerprint density at radius 3 is 2.58 bits per heavy atom. The van der Waals surface area contributed by atoms with Gasteiger partial charge in [0.15, 0.2) is 0 Å². The van der Waals surface area contributed by atoms with Crippen LogP contribution in [0.3, 0.4) is 0 Å². The Morgan fingerprint density at radius 1 is 1.32 bits per heavy atom. The summed E-state index contributed by atoms with van der Waals surface area (Å²) in [4.78, 5) is 0. The van der Waals surface area contributed by atoms with Crippen molar-refractivity contribution in [3.05, 3.63) is 34.9 Å². The molecule has 2 rings (SSSR count). The molecule has 0 atom stereocenters. The van der Waals surface area contributed by atoms with Gasteiger partial charge in [-0.15, -0.1) is 0 Å². The lowest BCUT2D eigenvalue weighted by atomic mass is 9.77. The molecular weight excluding hydrogens is 258 g/mol. The van der Waals surface area contributed by atoms with E-state index in [4.69, 9.17) is 22.1 Å². The van der Waals surface area contributed by atoms with Gasteiger partial charge < -0.3 is 10.5 Å². The molecule has 1 aliphatic carbocycles. The fraction of sp³-hybridized carbons (Fsp3) is 0.625. The summed E-state index contributed by atoms with van der Waals surface area (Å²) in [5.74, 6) is 0.851. The molecule has 1 aromatic rings. The molecule has 1 saturated carbocycles. The van der Waals surface area contributed by atoms with Gasteiger partial charge in [-0.05, 0) is 43.2 Å². The molecular formula is C16H24ClNO. The second kappa shape index (κ2) is 6.74. The summed E-state index contributed by atoms with van der Waals surface area (Å²) in [5, 5.41) is 0.775. The first-order valence-corrected chi connectivity index (χ1v) is 7.64. The second-order valence-corrected chi connectivity index (χ2v) is 6.03. The van der Waals surface area contributed by atoms with Crippen molar-refractivity contribution in [1.29, 1.82) is 0 Å². The number of hydrogen-bond acceptors (Lipinski definition) is 2. The van der Waals surface area contributed by atoms with Crippen LogP contribution in [0.25, 0.3) is 0 Å². The molecule has 2 N–H and O–H groups in total. The third-order valence-electron chi connectivity index (χ3n) is 4.46. The molecule has 1 aliphatic rings. The van der Waals surface area contributed by atoms with Gasteiger partial charge in [0.1, 0.15) is 0 Å². The summed E-state index contributed by atoms with van der Waals surface area (Å²) >= 11 is 6.16. The van der Waals surface area contributed by atoms with Crippen LogP contribution < -0.4 is 5.73 Å². The van der Waals surface area contributed by atoms with Gasteiger partial charge in [-0.1, -0.05) is 43.1 Å². The zero-order valence-electron chi connectivity index (χ0n) is 11.7. The Kier molecular flexibility index (Phi) is 5.26. The van der Waals surface area contributed by atoms with Crippen LogP contribution in [0.1, 0.15) is 44.6 Å². The Bertz CT molecular complexity index is 399. The summed E-state index contributed by atoms with van der Waals surface area (Å²) in [5.41, 5.74) is 6.89. The molecule has 0 saturated heterocycles. The van der Waals surface area contributed by atoms with E-state index >= 15 is 0 Å². The van der Waals surface area contributed by atoms with E-state index in [-0.39, 0.29) is 5.60 Å². The highest BCUT2D eigenvalue weighted by atomic mass is 35.5. The van der Waals surface area contributed by atoms with Crippen molar-refractivity contribution in [3.63, 3.8) is 0 Å². The highest BCUT2D eigenvalue weighted by molar-refractivity contribution is 6.31. The van der Waals surface area contributed by atoms with Crippen molar-refractivity contribution in [2.24, 2.45) is 11.7 Å². The van der Waals surface area contributed by atoms with Crippen LogP contribution in [-0.2, 0) is 11.3 Å². The molecule has 0 bridgehead atoms. The molecule has 0 spiro atoms. The number of ether oxygens (including phenoxy) is 1. The van der Waals surface area contributed by atoms with Crippen LogP contribution in [0.2, 0.25) is 5.02 Å². The highest BCUT2D eigenvalue weighted by Crippen LogP contribution is 2.36. The Balaban J connectivity index is 1.95. The minimum absolute atomic E-state index is 0.134. The van der Waals surface area contributed by atoms with Crippen molar-refractivity contribution < 1.29 is 4.74 Å². The predicted octanol–water partition coefficient (Wildman–Crippen LogP) is 4.15. The van der Waals surface area contributed by atoms with Gasteiger partial charge >= 0.3 is 0 Å². The maximum absolute atomic E-state index is 6.17. The van der Waals surface area contributed by atoms with E-state index in [0.29, 0.717) is 13.2 Å². The Labute approximate surface area is 121 Å². The summed E-state index contributed by atoms with van der Waals surface area (Å²) in [6.45, 7) is 3.44. The normalized spacial score (nSPS) is 27.4. The number of nitrogens with two attached hydrogens (primary N) is 1. The molecule has 0 radical (unpaired) electrons. The quantitative estimate of drug-likeness (QED) is 0.880. The fourth-order valence-corrected chi connectivity index (χ4v) is 3.06. The molecule has 1 aromatic carbocycles. The van der Waals surface area contributed by atoms with E-state index in [0.717, 1.165) is 29.3 Å².